The molecule has 0 spiro atoms. The number of halogens is 1. The number of hydrogen-bond acceptors (Lipinski definition) is 3. The number of aliphatic imine (C=N–C) groups is 1. The first-order chi connectivity index (χ1) is 9.43. The summed E-state index contributed by atoms with van der Waals surface area (Å²) in [4.78, 5) is 17.6. The number of benzene rings is 1. The maximum absolute atomic E-state index is 12.2. The van der Waals surface area contributed by atoms with Crippen molar-refractivity contribution in [1.29, 1.82) is 0 Å². The Bertz CT molecular complexity index is 735. The lowest BCUT2D eigenvalue weighted by Crippen LogP contribution is -2.41. The molecule has 1 amide bonds. The Hall–Kier alpha value is -1.39. The van der Waals surface area contributed by atoms with Gasteiger partial charge in [-0.05, 0) is 18.9 Å². The van der Waals surface area contributed by atoms with Crippen LogP contribution in [0.2, 0.25) is 5.02 Å². The van der Waals surface area contributed by atoms with E-state index in [0.29, 0.717) is 10.9 Å². The molecule has 20 heavy (non-hydrogen) atoms. The van der Waals surface area contributed by atoms with Crippen LogP contribution in [0.3, 0.4) is 0 Å². The lowest BCUT2D eigenvalue weighted by atomic mass is 9.89. The van der Waals surface area contributed by atoms with Crippen LogP contribution in [0.25, 0.3) is 10.1 Å². The quantitative estimate of drug-likeness (QED) is 0.899. The molecule has 2 aromatic rings. The fourth-order valence-corrected chi connectivity index (χ4v) is 3.68. The molecule has 1 aliphatic heterocycles. The van der Waals surface area contributed by atoms with Gasteiger partial charge in [-0.3, -0.25) is 9.79 Å². The number of carbonyl (C=O) groups is 1. The van der Waals surface area contributed by atoms with E-state index in [9.17, 15) is 4.79 Å². The smallest absolute Gasteiger partial charge is 0.253 e. The van der Waals surface area contributed by atoms with Crippen molar-refractivity contribution >= 4 is 44.8 Å². The van der Waals surface area contributed by atoms with E-state index in [1.54, 1.807) is 11.3 Å². The van der Waals surface area contributed by atoms with E-state index in [4.69, 9.17) is 11.6 Å². The Morgan fingerprint density at radius 2 is 2.05 bits per heavy atom. The highest BCUT2D eigenvalue weighted by Gasteiger charge is 2.42. The number of thiophene rings is 1. The largest absolute Gasteiger partial charge is 0.308 e. The van der Waals surface area contributed by atoms with Gasteiger partial charge in [0.05, 0.1) is 9.90 Å². The summed E-state index contributed by atoms with van der Waals surface area (Å²) < 4.78 is 1.10. The molecule has 1 unspecified atom stereocenters. The fourth-order valence-electron chi connectivity index (χ4n) is 2.21. The Labute approximate surface area is 126 Å². The maximum Gasteiger partial charge on any atom is 0.253 e. The van der Waals surface area contributed by atoms with Gasteiger partial charge in [0.2, 0.25) is 0 Å². The Morgan fingerprint density at radius 3 is 2.65 bits per heavy atom. The van der Waals surface area contributed by atoms with Crippen molar-refractivity contribution < 1.29 is 4.79 Å². The lowest BCUT2D eigenvalue weighted by molar-refractivity contribution is -0.124. The predicted octanol–water partition coefficient (Wildman–Crippen LogP) is 3.85. The average molecular weight is 307 g/mol. The number of amidine groups is 1. The van der Waals surface area contributed by atoms with Crippen LogP contribution in [0.4, 0.5) is 0 Å². The third-order valence-corrected chi connectivity index (χ3v) is 5.59. The molecule has 1 aromatic carbocycles. The summed E-state index contributed by atoms with van der Waals surface area (Å²) in [5, 5.41) is 4.55. The second-order valence-electron chi connectivity index (χ2n) is 5.46. The van der Waals surface area contributed by atoms with Crippen molar-refractivity contribution in [2.75, 3.05) is 0 Å². The Morgan fingerprint density at radius 1 is 1.35 bits per heavy atom. The highest BCUT2D eigenvalue weighted by Crippen LogP contribution is 2.37. The van der Waals surface area contributed by atoms with E-state index < -0.39 is 5.54 Å². The summed E-state index contributed by atoms with van der Waals surface area (Å²) in [6.45, 7) is 5.86. The number of fused-ring (bicyclic) bond motifs is 1. The zero-order valence-electron chi connectivity index (χ0n) is 11.5. The van der Waals surface area contributed by atoms with E-state index >= 15 is 0 Å². The van der Waals surface area contributed by atoms with Crippen LogP contribution in [0.15, 0.2) is 29.3 Å². The summed E-state index contributed by atoms with van der Waals surface area (Å²) in [5.41, 5.74) is -0.713. The third-order valence-electron chi connectivity index (χ3n) is 3.91. The molecule has 0 fully saturated rings. The van der Waals surface area contributed by atoms with Crippen LogP contribution in [0.1, 0.15) is 25.6 Å². The van der Waals surface area contributed by atoms with Gasteiger partial charge < -0.3 is 5.32 Å². The number of nitrogens with one attached hydrogen (secondary N) is 1. The third kappa shape index (κ3) is 1.86. The molecule has 0 saturated carbocycles. The second kappa shape index (κ2) is 4.57. The monoisotopic (exact) mass is 306 g/mol. The van der Waals surface area contributed by atoms with Gasteiger partial charge in [0.25, 0.3) is 5.91 Å². The van der Waals surface area contributed by atoms with Gasteiger partial charge in [0.1, 0.15) is 11.4 Å². The second-order valence-corrected chi connectivity index (χ2v) is 6.89. The summed E-state index contributed by atoms with van der Waals surface area (Å²) in [6, 6.07) is 7.94. The van der Waals surface area contributed by atoms with Gasteiger partial charge in [0, 0.05) is 10.1 Å². The highest BCUT2D eigenvalue weighted by molar-refractivity contribution is 7.21. The molecule has 1 aliphatic rings. The minimum Gasteiger partial charge on any atom is -0.308 e. The molecule has 104 valence electrons. The molecule has 1 atom stereocenters. The van der Waals surface area contributed by atoms with Gasteiger partial charge in [-0.25, -0.2) is 0 Å². The molecule has 2 heterocycles. The zero-order valence-corrected chi connectivity index (χ0v) is 13.1. The fraction of sp³-hybridized carbons (Fsp3) is 0.333. The van der Waals surface area contributed by atoms with Gasteiger partial charge in [-0.1, -0.05) is 43.6 Å². The normalized spacial score (nSPS) is 22.4. The van der Waals surface area contributed by atoms with Gasteiger partial charge in [-0.2, -0.15) is 0 Å². The molecule has 1 aromatic heterocycles. The van der Waals surface area contributed by atoms with Crippen LogP contribution < -0.4 is 5.32 Å². The summed E-state index contributed by atoms with van der Waals surface area (Å²) in [7, 11) is 0. The van der Waals surface area contributed by atoms with E-state index in [2.05, 4.69) is 10.3 Å². The first-order valence-corrected chi connectivity index (χ1v) is 7.71. The molecule has 3 nitrogen and oxygen atoms in total. The van der Waals surface area contributed by atoms with Crippen molar-refractivity contribution in [3.8, 4) is 0 Å². The van der Waals surface area contributed by atoms with Gasteiger partial charge in [-0.15, -0.1) is 11.3 Å². The summed E-state index contributed by atoms with van der Waals surface area (Å²) in [5.74, 6) is 0.668. The number of nitrogens with zero attached hydrogens (tertiary/aromatic N) is 1. The van der Waals surface area contributed by atoms with Gasteiger partial charge >= 0.3 is 0 Å². The van der Waals surface area contributed by atoms with E-state index in [0.717, 1.165) is 15.0 Å². The molecule has 0 aliphatic carbocycles. The van der Waals surface area contributed by atoms with Crippen LogP contribution in [-0.2, 0) is 4.79 Å². The number of amides is 1. The van der Waals surface area contributed by atoms with Crippen molar-refractivity contribution in [2.24, 2.45) is 10.9 Å². The Kier molecular flexibility index (Phi) is 3.10. The standard InChI is InChI=1S/C15H15ClN2OS/c1-8(2)15(3)14(19)17-13(18-15)12-11(16)9-6-4-5-7-10(9)20-12/h4-8H,1-3H3,(H,17,18,19). The molecule has 0 radical (unpaired) electrons. The summed E-state index contributed by atoms with van der Waals surface area (Å²) >= 11 is 7.99. The topological polar surface area (TPSA) is 41.5 Å². The SMILES string of the molecule is CC(C)C1(C)N=C(c2sc3ccccc3c2Cl)NC1=O. The molecular weight excluding hydrogens is 292 g/mol. The number of carbonyl (C=O) groups excluding carboxylic acids is 1. The number of hydrogen-bond donors (Lipinski definition) is 1. The van der Waals surface area contributed by atoms with Crippen LogP contribution in [0, 0.1) is 5.92 Å². The minimum absolute atomic E-state index is 0.0592. The lowest BCUT2D eigenvalue weighted by Gasteiger charge is -2.21. The molecule has 0 bridgehead atoms. The van der Waals surface area contributed by atoms with E-state index in [-0.39, 0.29) is 11.8 Å². The Balaban J connectivity index is 2.13. The zero-order chi connectivity index (χ0) is 14.5. The van der Waals surface area contributed by atoms with Crippen molar-refractivity contribution in [2.45, 2.75) is 26.3 Å². The molecule has 0 saturated heterocycles. The van der Waals surface area contributed by atoms with E-state index in [1.165, 1.54) is 0 Å². The predicted molar refractivity (Wildman–Crippen MR) is 84.8 cm³/mol. The summed E-state index contributed by atoms with van der Waals surface area (Å²) in [6.07, 6.45) is 0. The van der Waals surface area contributed by atoms with Crippen LogP contribution in [0.5, 0.6) is 0 Å². The number of rotatable bonds is 2. The van der Waals surface area contributed by atoms with Crippen LogP contribution >= 0.6 is 22.9 Å². The first-order valence-electron chi connectivity index (χ1n) is 6.52. The van der Waals surface area contributed by atoms with Crippen LogP contribution in [-0.4, -0.2) is 17.3 Å². The molecular formula is C15H15ClN2OS. The highest BCUT2D eigenvalue weighted by atomic mass is 35.5. The first kappa shape index (κ1) is 13.6. The molecule has 1 N–H and O–H groups in total. The van der Waals surface area contributed by atoms with E-state index in [1.807, 2.05) is 45.0 Å². The van der Waals surface area contributed by atoms with Crippen molar-refractivity contribution in [3.05, 3.63) is 34.2 Å². The average Bonchev–Trinajstić information content (AvgIpc) is 2.90. The van der Waals surface area contributed by atoms with Crippen molar-refractivity contribution in [1.82, 2.24) is 5.32 Å². The van der Waals surface area contributed by atoms with Crippen molar-refractivity contribution in [3.63, 3.8) is 0 Å². The molecule has 5 heteroatoms. The minimum atomic E-state index is -0.713. The van der Waals surface area contributed by atoms with Gasteiger partial charge in [0.15, 0.2) is 0 Å². The maximum atomic E-state index is 12.2. The molecule has 3 rings (SSSR count).